The Kier molecular flexibility index (Phi) is 5.81. The average Bonchev–Trinajstić information content (AvgIpc) is 3.60. The summed E-state index contributed by atoms with van der Waals surface area (Å²) in [7, 11) is 0. The monoisotopic (exact) mass is 505 g/mol. The molecule has 37 heavy (non-hydrogen) atoms. The maximum Gasteiger partial charge on any atom is 0.159 e. The molecule has 0 saturated heterocycles. The lowest BCUT2D eigenvalue weighted by molar-refractivity contribution is 0.645. The summed E-state index contributed by atoms with van der Waals surface area (Å²) in [4.78, 5) is 19.8. The van der Waals surface area contributed by atoms with E-state index in [0.717, 1.165) is 67.1 Å². The predicted molar refractivity (Wildman–Crippen MR) is 152 cm³/mol. The molecule has 5 heterocycles. The van der Waals surface area contributed by atoms with Crippen molar-refractivity contribution >= 4 is 39.0 Å². The molecule has 0 fully saturated rings. The van der Waals surface area contributed by atoms with Gasteiger partial charge in [0.25, 0.3) is 0 Å². The van der Waals surface area contributed by atoms with Crippen molar-refractivity contribution in [3.8, 4) is 33.2 Å². The van der Waals surface area contributed by atoms with Crippen molar-refractivity contribution in [1.82, 2.24) is 30.1 Å². The van der Waals surface area contributed by atoms with E-state index in [1.165, 1.54) is 4.88 Å². The van der Waals surface area contributed by atoms with Crippen LogP contribution in [0.15, 0.2) is 73.3 Å². The maximum atomic E-state index is 4.94. The number of imidazole rings is 1. The third kappa shape index (κ3) is 4.51. The number of aryl methyl sites for hydroxylation is 1. The van der Waals surface area contributed by atoms with E-state index >= 15 is 0 Å². The number of hydrogen-bond donors (Lipinski definition) is 3. The Morgan fingerprint density at radius 1 is 1.03 bits per heavy atom. The van der Waals surface area contributed by atoms with Gasteiger partial charge in [-0.15, -0.1) is 11.3 Å². The summed E-state index contributed by atoms with van der Waals surface area (Å²) in [6.07, 6.45) is 6.43. The molecule has 6 rings (SSSR count). The highest BCUT2D eigenvalue weighted by Gasteiger charge is 2.17. The van der Waals surface area contributed by atoms with E-state index in [2.05, 4.69) is 88.1 Å². The van der Waals surface area contributed by atoms with Gasteiger partial charge in [-0.2, -0.15) is 5.10 Å². The van der Waals surface area contributed by atoms with Crippen molar-refractivity contribution < 1.29 is 0 Å². The zero-order valence-corrected chi connectivity index (χ0v) is 21.8. The van der Waals surface area contributed by atoms with Gasteiger partial charge >= 0.3 is 0 Å². The van der Waals surface area contributed by atoms with Crippen LogP contribution in [-0.2, 0) is 0 Å². The smallest absolute Gasteiger partial charge is 0.159 e. The topological polar surface area (TPSA) is 95.2 Å². The number of fused-ring (bicyclic) bond motifs is 2. The molecular formula is C29H27N7S. The van der Waals surface area contributed by atoms with Gasteiger partial charge in [0.05, 0.1) is 27.8 Å². The molecule has 0 aliphatic rings. The van der Waals surface area contributed by atoms with Crippen LogP contribution >= 0.6 is 11.3 Å². The molecule has 0 radical (unpaired) electrons. The Labute approximate surface area is 218 Å². The van der Waals surface area contributed by atoms with Crippen LogP contribution in [0.1, 0.15) is 25.1 Å². The van der Waals surface area contributed by atoms with Crippen LogP contribution in [0.5, 0.6) is 0 Å². The van der Waals surface area contributed by atoms with Crippen LogP contribution in [0, 0.1) is 12.8 Å². The molecule has 0 aliphatic heterocycles. The van der Waals surface area contributed by atoms with Crippen LogP contribution in [0.3, 0.4) is 0 Å². The molecule has 184 valence electrons. The first-order chi connectivity index (χ1) is 17.9. The van der Waals surface area contributed by atoms with Gasteiger partial charge in [0.15, 0.2) is 5.82 Å². The number of aromatic amines is 2. The first-order valence-corrected chi connectivity index (χ1v) is 13.1. The second kappa shape index (κ2) is 9.29. The van der Waals surface area contributed by atoms with Crippen LogP contribution in [0.25, 0.3) is 55.2 Å². The molecule has 0 bridgehead atoms. The number of thiophene rings is 1. The zero-order valence-electron chi connectivity index (χ0n) is 21.0. The van der Waals surface area contributed by atoms with E-state index in [-0.39, 0.29) is 0 Å². The minimum atomic E-state index is 0.539. The second-order valence-corrected chi connectivity index (χ2v) is 11.0. The van der Waals surface area contributed by atoms with E-state index in [1.54, 1.807) is 11.3 Å². The first-order valence-electron chi connectivity index (χ1n) is 12.2. The third-order valence-corrected chi connectivity index (χ3v) is 7.22. The number of hydrogen-bond acceptors (Lipinski definition) is 6. The predicted octanol–water partition coefficient (Wildman–Crippen LogP) is 7.57. The lowest BCUT2D eigenvalue weighted by Gasteiger charge is -2.12. The molecule has 1 aromatic carbocycles. The SMILES string of the molecule is C=C(CC(C)C)Nc1cncc(-c2ccc3[nH]nc(-c4nc5c(-c6ccc(C)s6)nccc5[nH]4)c3c2)c1. The molecule has 7 nitrogen and oxygen atoms in total. The van der Waals surface area contributed by atoms with Crippen LogP contribution < -0.4 is 5.32 Å². The molecule has 0 aliphatic carbocycles. The Morgan fingerprint density at radius 3 is 2.73 bits per heavy atom. The fourth-order valence-corrected chi connectivity index (χ4v) is 5.44. The van der Waals surface area contributed by atoms with Crippen molar-refractivity contribution in [3.05, 3.63) is 78.2 Å². The van der Waals surface area contributed by atoms with Crippen LogP contribution in [0.2, 0.25) is 0 Å². The molecule has 8 heteroatoms. The number of benzene rings is 1. The number of anilines is 1. The van der Waals surface area contributed by atoms with Gasteiger partial charge in [0, 0.05) is 33.9 Å². The lowest BCUT2D eigenvalue weighted by Crippen LogP contribution is -2.02. The summed E-state index contributed by atoms with van der Waals surface area (Å²) in [6, 6.07) is 14.5. The first kappa shape index (κ1) is 23.1. The summed E-state index contributed by atoms with van der Waals surface area (Å²) in [5.41, 5.74) is 8.35. The van der Waals surface area contributed by atoms with E-state index in [1.807, 2.05) is 30.7 Å². The standard InChI is InChI=1S/C29H27N7S/c1-16(2)11-17(3)32-21-12-20(14-30-15-21)19-6-7-23-22(13-19)26(36-35-23)29-33-24-9-10-31-28(27(24)34-29)25-8-5-18(4)37-25/h5-10,12-16,32H,3,11H2,1-2,4H3,(H,33,34)(H,35,36). The highest BCUT2D eigenvalue weighted by atomic mass is 32.1. The number of nitrogens with one attached hydrogen (secondary N) is 3. The summed E-state index contributed by atoms with van der Waals surface area (Å²) < 4.78 is 0. The molecule has 0 atom stereocenters. The quantitative estimate of drug-likeness (QED) is 0.208. The fourth-order valence-electron chi connectivity index (χ4n) is 4.58. The van der Waals surface area contributed by atoms with Gasteiger partial charge in [-0.1, -0.05) is 26.5 Å². The van der Waals surface area contributed by atoms with Gasteiger partial charge in [0.2, 0.25) is 0 Å². The van der Waals surface area contributed by atoms with E-state index in [4.69, 9.17) is 4.98 Å². The van der Waals surface area contributed by atoms with Crippen molar-refractivity contribution in [2.45, 2.75) is 27.2 Å². The normalized spacial score (nSPS) is 11.6. The minimum absolute atomic E-state index is 0.539. The van der Waals surface area contributed by atoms with E-state index < -0.39 is 0 Å². The maximum absolute atomic E-state index is 4.94. The number of aromatic nitrogens is 6. The van der Waals surface area contributed by atoms with E-state index in [9.17, 15) is 0 Å². The number of pyridine rings is 2. The van der Waals surface area contributed by atoms with Crippen LogP contribution in [0.4, 0.5) is 5.69 Å². The second-order valence-electron chi connectivity index (χ2n) is 9.67. The van der Waals surface area contributed by atoms with Crippen molar-refractivity contribution in [2.24, 2.45) is 5.92 Å². The van der Waals surface area contributed by atoms with Crippen molar-refractivity contribution in [1.29, 1.82) is 0 Å². The Bertz CT molecular complexity index is 1750. The largest absolute Gasteiger partial charge is 0.358 e. The summed E-state index contributed by atoms with van der Waals surface area (Å²) >= 11 is 1.72. The number of allylic oxidation sites excluding steroid dienone is 1. The van der Waals surface area contributed by atoms with Crippen LogP contribution in [-0.4, -0.2) is 30.1 Å². The number of rotatable bonds is 7. The lowest BCUT2D eigenvalue weighted by atomic mass is 10.0. The number of H-pyrrole nitrogens is 2. The summed E-state index contributed by atoms with van der Waals surface area (Å²) in [5, 5.41) is 12.1. The highest BCUT2D eigenvalue weighted by molar-refractivity contribution is 7.15. The summed E-state index contributed by atoms with van der Waals surface area (Å²) in [6.45, 7) is 10.6. The van der Waals surface area contributed by atoms with Crippen molar-refractivity contribution in [3.63, 3.8) is 0 Å². The Morgan fingerprint density at radius 2 is 1.92 bits per heavy atom. The molecule has 0 spiro atoms. The van der Waals surface area contributed by atoms with Gasteiger partial charge in [0.1, 0.15) is 16.9 Å². The molecule has 5 aromatic heterocycles. The molecule has 3 N–H and O–H groups in total. The molecule has 0 unspecified atom stereocenters. The molecular weight excluding hydrogens is 478 g/mol. The van der Waals surface area contributed by atoms with Gasteiger partial charge in [-0.25, -0.2) is 4.98 Å². The van der Waals surface area contributed by atoms with Gasteiger partial charge in [-0.05, 0) is 61.2 Å². The Hall–Kier alpha value is -4.30. The van der Waals surface area contributed by atoms with Gasteiger partial charge < -0.3 is 10.3 Å². The fraction of sp³-hybridized carbons (Fsp3) is 0.172. The Balaban J connectivity index is 1.38. The van der Waals surface area contributed by atoms with Crippen molar-refractivity contribution in [2.75, 3.05) is 5.32 Å². The average molecular weight is 506 g/mol. The third-order valence-electron chi connectivity index (χ3n) is 6.21. The highest BCUT2D eigenvalue weighted by Crippen LogP contribution is 2.34. The van der Waals surface area contributed by atoms with Gasteiger partial charge in [-0.3, -0.25) is 15.1 Å². The zero-order chi connectivity index (χ0) is 25.5. The van der Waals surface area contributed by atoms with E-state index in [0.29, 0.717) is 11.7 Å². The molecule has 0 amide bonds. The number of nitrogens with zero attached hydrogens (tertiary/aromatic N) is 4. The minimum Gasteiger partial charge on any atom is -0.358 e. The molecule has 0 saturated carbocycles. The molecule has 6 aromatic rings. The summed E-state index contributed by atoms with van der Waals surface area (Å²) in [5.74, 6) is 1.25.